The van der Waals surface area contributed by atoms with E-state index in [1.165, 1.54) is 0 Å². The van der Waals surface area contributed by atoms with Gasteiger partial charge >= 0.3 is 0 Å². The summed E-state index contributed by atoms with van der Waals surface area (Å²) in [6.07, 6.45) is 17.6. The average molecular weight is 279 g/mol. The Morgan fingerprint density at radius 2 is 1.55 bits per heavy atom. The van der Waals surface area contributed by atoms with Crippen LogP contribution in [0, 0.1) is 0 Å². The molecule has 0 aliphatic heterocycles. The summed E-state index contributed by atoms with van der Waals surface area (Å²) in [5.41, 5.74) is 0. The zero-order valence-corrected chi connectivity index (χ0v) is 12.8. The summed E-state index contributed by atoms with van der Waals surface area (Å²) in [4.78, 5) is 11.4. The van der Waals surface area contributed by atoms with Crippen molar-refractivity contribution in [3.05, 3.63) is 36.5 Å². The summed E-state index contributed by atoms with van der Waals surface area (Å²) in [6.45, 7) is 4.17. The lowest BCUT2D eigenvalue weighted by molar-refractivity contribution is -0.121. The molecule has 3 heteroatoms. The van der Waals surface area contributed by atoms with Crippen molar-refractivity contribution in [1.82, 2.24) is 5.32 Å². The smallest absolute Gasteiger partial charge is 0.220 e. The monoisotopic (exact) mass is 279 g/mol. The number of unbranched alkanes of at least 4 members (excludes halogenated alkanes) is 1. The molecule has 0 rings (SSSR count). The Morgan fingerprint density at radius 3 is 2.10 bits per heavy atom. The van der Waals surface area contributed by atoms with Crippen LogP contribution in [-0.4, -0.2) is 23.7 Å². The number of aliphatic hydroxyl groups is 1. The summed E-state index contributed by atoms with van der Waals surface area (Å²) >= 11 is 0. The maximum Gasteiger partial charge on any atom is 0.220 e. The van der Waals surface area contributed by atoms with Crippen LogP contribution in [0.25, 0.3) is 0 Å². The number of allylic oxidation sites excluding steroid dienone is 5. The van der Waals surface area contributed by atoms with Gasteiger partial charge in [0.15, 0.2) is 0 Å². The summed E-state index contributed by atoms with van der Waals surface area (Å²) in [5.74, 6) is 0.142. The van der Waals surface area contributed by atoms with Crippen molar-refractivity contribution in [2.75, 3.05) is 6.61 Å². The highest BCUT2D eigenvalue weighted by Crippen LogP contribution is 1.99. The largest absolute Gasteiger partial charge is 0.396 e. The van der Waals surface area contributed by atoms with Crippen LogP contribution >= 0.6 is 0 Å². The second-order valence-corrected chi connectivity index (χ2v) is 5.01. The fourth-order valence-electron chi connectivity index (χ4n) is 1.63. The molecule has 0 spiro atoms. The number of nitrogens with one attached hydrogen (secondary N) is 1. The van der Waals surface area contributed by atoms with Gasteiger partial charge in [0, 0.05) is 19.1 Å². The van der Waals surface area contributed by atoms with E-state index in [2.05, 4.69) is 35.7 Å². The molecule has 0 aromatic heterocycles. The third-order valence-corrected chi connectivity index (χ3v) is 2.56. The van der Waals surface area contributed by atoms with Gasteiger partial charge in [-0.05, 0) is 46.0 Å². The number of aliphatic hydroxyl groups excluding tert-OH is 1. The van der Waals surface area contributed by atoms with Crippen molar-refractivity contribution in [2.24, 2.45) is 0 Å². The highest BCUT2D eigenvalue weighted by Gasteiger charge is 2.00. The minimum Gasteiger partial charge on any atom is -0.396 e. The highest BCUT2D eigenvalue weighted by atomic mass is 16.2. The van der Waals surface area contributed by atoms with Gasteiger partial charge in [-0.1, -0.05) is 36.5 Å². The van der Waals surface area contributed by atoms with E-state index in [1.54, 1.807) is 0 Å². The third-order valence-electron chi connectivity index (χ3n) is 2.56. The van der Waals surface area contributed by atoms with E-state index in [1.807, 2.05) is 19.9 Å². The van der Waals surface area contributed by atoms with Gasteiger partial charge in [-0.15, -0.1) is 0 Å². The van der Waals surface area contributed by atoms with E-state index in [0.29, 0.717) is 6.42 Å². The third kappa shape index (κ3) is 14.7. The number of hydrogen-bond acceptors (Lipinski definition) is 2. The first-order valence-corrected chi connectivity index (χ1v) is 7.52. The molecule has 0 aliphatic rings. The number of hydrogen-bond donors (Lipinski definition) is 2. The zero-order valence-electron chi connectivity index (χ0n) is 12.8. The molecule has 0 unspecified atom stereocenters. The Bertz CT molecular complexity index is 317. The van der Waals surface area contributed by atoms with Gasteiger partial charge in [0.2, 0.25) is 5.91 Å². The first-order chi connectivity index (χ1) is 9.66. The van der Waals surface area contributed by atoms with E-state index in [9.17, 15) is 4.79 Å². The minimum atomic E-state index is 0.142. The summed E-state index contributed by atoms with van der Waals surface area (Å²) < 4.78 is 0. The normalized spacial score (nSPS) is 12.2. The second-order valence-electron chi connectivity index (χ2n) is 5.01. The Morgan fingerprint density at radius 1 is 1.00 bits per heavy atom. The van der Waals surface area contributed by atoms with Gasteiger partial charge in [-0.3, -0.25) is 4.79 Å². The van der Waals surface area contributed by atoms with E-state index in [4.69, 9.17) is 5.11 Å². The van der Waals surface area contributed by atoms with Crippen LogP contribution in [0.2, 0.25) is 0 Å². The SMILES string of the molecule is CC(C)NC(=O)CCC/C=C\C/C=C\C/C=C\CCO. The van der Waals surface area contributed by atoms with Crippen LogP contribution < -0.4 is 5.32 Å². The quantitative estimate of drug-likeness (QED) is 0.449. The highest BCUT2D eigenvalue weighted by molar-refractivity contribution is 5.76. The number of rotatable bonds is 11. The van der Waals surface area contributed by atoms with Gasteiger partial charge < -0.3 is 10.4 Å². The Hall–Kier alpha value is -1.35. The van der Waals surface area contributed by atoms with Crippen molar-refractivity contribution < 1.29 is 9.90 Å². The van der Waals surface area contributed by atoms with Crippen LogP contribution in [-0.2, 0) is 4.79 Å². The topological polar surface area (TPSA) is 49.3 Å². The van der Waals surface area contributed by atoms with E-state index in [0.717, 1.165) is 32.1 Å². The molecule has 0 atom stereocenters. The standard InChI is InChI=1S/C17H29NO2/c1-16(2)18-17(20)14-12-10-8-6-4-3-5-7-9-11-13-15-19/h3,5-6,8-9,11,16,19H,4,7,10,12-15H2,1-2H3,(H,18,20)/b5-3-,8-6-,11-9-. The summed E-state index contributed by atoms with van der Waals surface area (Å²) in [5, 5.41) is 11.5. The second kappa shape index (κ2) is 14.1. The van der Waals surface area contributed by atoms with Gasteiger partial charge in [0.25, 0.3) is 0 Å². The predicted octanol–water partition coefficient (Wildman–Crippen LogP) is 3.51. The van der Waals surface area contributed by atoms with Crippen LogP contribution in [0.4, 0.5) is 0 Å². The molecule has 0 bridgehead atoms. The first kappa shape index (κ1) is 18.7. The van der Waals surface area contributed by atoms with Gasteiger partial charge in [0.05, 0.1) is 0 Å². The maximum atomic E-state index is 11.4. The Kier molecular flexibility index (Phi) is 13.1. The number of amides is 1. The van der Waals surface area contributed by atoms with Crippen LogP contribution in [0.5, 0.6) is 0 Å². The molecule has 0 saturated carbocycles. The molecule has 0 fully saturated rings. The van der Waals surface area contributed by atoms with Crippen molar-refractivity contribution in [2.45, 2.75) is 58.4 Å². The fraction of sp³-hybridized carbons (Fsp3) is 0.588. The number of carbonyl (C=O) groups is 1. The van der Waals surface area contributed by atoms with Crippen LogP contribution in [0.15, 0.2) is 36.5 Å². The van der Waals surface area contributed by atoms with E-state index in [-0.39, 0.29) is 18.6 Å². The minimum absolute atomic E-state index is 0.142. The molecule has 0 heterocycles. The van der Waals surface area contributed by atoms with Crippen LogP contribution in [0.1, 0.15) is 52.4 Å². The van der Waals surface area contributed by atoms with E-state index >= 15 is 0 Å². The van der Waals surface area contributed by atoms with Gasteiger partial charge in [-0.2, -0.15) is 0 Å². The Balaban J connectivity index is 3.44. The van der Waals surface area contributed by atoms with Crippen molar-refractivity contribution in [1.29, 1.82) is 0 Å². The lowest BCUT2D eigenvalue weighted by atomic mass is 10.2. The molecular weight excluding hydrogens is 250 g/mol. The first-order valence-electron chi connectivity index (χ1n) is 7.52. The van der Waals surface area contributed by atoms with Crippen molar-refractivity contribution >= 4 is 5.91 Å². The molecule has 114 valence electrons. The summed E-state index contributed by atoms with van der Waals surface area (Å²) in [6, 6.07) is 0.231. The van der Waals surface area contributed by atoms with Gasteiger partial charge in [-0.25, -0.2) is 0 Å². The molecular formula is C17H29NO2. The molecule has 3 nitrogen and oxygen atoms in total. The van der Waals surface area contributed by atoms with Gasteiger partial charge in [0.1, 0.15) is 0 Å². The number of carbonyl (C=O) groups excluding carboxylic acids is 1. The lowest BCUT2D eigenvalue weighted by Crippen LogP contribution is -2.29. The molecule has 0 radical (unpaired) electrons. The van der Waals surface area contributed by atoms with Crippen molar-refractivity contribution in [3.8, 4) is 0 Å². The lowest BCUT2D eigenvalue weighted by Gasteiger charge is -2.06. The zero-order chi connectivity index (χ0) is 15.1. The molecule has 1 amide bonds. The predicted molar refractivity (Wildman–Crippen MR) is 85.5 cm³/mol. The van der Waals surface area contributed by atoms with Crippen LogP contribution in [0.3, 0.4) is 0 Å². The van der Waals surface area contributed by atoms with Crippen molar-refractivity contribution in [3.63, 3.8) is 0 Å². The fourth-order valence-corrected chi connectivity index (χ4v) is 1.63. The summed E-state index contributed by atoms with van der Waals surface area (Å²) in [7, 11) is 0. The molecule has 2 N–H and O–H groups in total. The molecule has 20 heavy (non-hydrogen) atoms. The molecule has 0 aromatic carbocycles. The molecule has 0 saturated heterocycles. The Labute approximate surface area is 123 Å². The van der Waals surface area contributed by atoms with E-state index < -0.39 is 0 Å². The molecule has 0 aliphatic carbocycles. The molecule has 0 aromatic rings. The maximum absolute atomic E-state index is 11.4. The average Bonchev–Trinajstić information content (AvgIpc) is 2.39.